The van der Waals surface area contributed by atoms with Crippen LogP contribution in [0.4, 0.5) is 0 Å². The minimum Gasteiger partial charge on any atom is -0.497 e. The molecule has 0 radical (unpaired) electrons. The van der Waals surface area contributed by atoms with Crippen LogP contribution in [0, 0.1) is 0 Å². The van der Waals surface area contributed by atoms with Crippen molar-refractivity contribution in [2.45, 2.75) is 32.2 Å². The molecule has 0 fully saturated rings. The minimum absolute atomic E-state index is 0.469. The summed E-state index contributed by atoms with van der Waals surface area (Å²) >= 11 is 1.84. The molecule has 2 aromatic rings. The van der Waals surface area contributed by atoms with Crippen LogP contribution in [0.5, 0.6) is 5.75 Å². The van der Waals surface area contributed by atoms with Crippen molar-refractivity contribution >= 4 is 11.3 Å². The van der Waals surface area contributed by atoms with Crippen molar-refractivity contribution in [3.05, 3.63) is 52.2 Å². The second kappa shape index (κ2) is 8.08. The zero-order valence-corrected chi connectivity index (χ0v) is 13.1. The lowest BCUT2D eigenvalue weighted by molar-refractivity contribution is 0.414. The fourth-order valence-electron chi connectivity index (χ4n) is 2.26. The number of methoxy groups -OCH3 is 1. The molecule has 0 aliphatic carbocycles. The van der Waals surface area contributed by atoms with Gasteiger partial charge in [-0.05, 0) is 54.9 Å². The highest BCUT2D eigenvalue weighted by Gasteiger charge is 2.11. The van der Waals surface area contributed by atoms with Crippen LogP contribution in [0.25, 0.3) is 0 Å². The van der Waals surface area contributed by atoms with E-state index in [4.69, 9.17) is 4.74 Å². The summed E-state index contributed by atoms with van der Waals surface area (Å²) in [5.41, 5.74) is 1.37. The van der Waals surface area contributed by atoms with Crippen LogP contribution in [-0.2, 0) is 6.42 Å². The molecule has 1 aromatic heterocycles. The standard InChI is InChI=1S/C17H23NOS/c1-3-12-18-16(17-5-4-13-20-17)11-8-14-6-9-15(19-2)10-7-14/h4-7,9-10,13,16,18H,3,8,11-12H2,1-2H3. The molecular weight excluding hydrogens is 266 g/mol. The molecule has 0 spiro atoms. The van der Waals surface area contributed by atoms with E-state index in [1.165, 1.54) is 16.9 Å². The predicted molar refractivity (Wildman–Crippen MR) is 86.7 cm³/mol. The number of nitrogens with one attached hydrogen (secondary N) is 1. The second-order valence-electron chi connectivity index (χ2n) is 4.91. The van der Waals surface area contributed by atoms with Gasteiger partial charge in [-0.25, -0.2) is 0 Å². The van der Waals surface area contributed by atoms with E-state index in [-0.39, 0.29) is 0 Å². The molecule has 108 valence electrons. The number of rotatable bonds is 8. The highest BCUT2D eigenvalue weighted by Crippen LogP contribution is 2.24. The van der Waals surface area contributed by atoms with Crippen LogP contribution in [0.3, 0.4) is 0 Å². The van der Waals surface area contributed by atoms with Gasteiger partial charge in [0.25, 0.3) is 0 Å². The summed E-state index contributed by atoms with van der Waals surface area (Å²) in [6, 6.07) is 13.2. The molecule has 0 aliphatic heterocycles. The monoisotopic (exact) mass is 289 g/mol. The Morgan fingerprint density at radius 3 is 2.60 bits per heavy atom. The first-order valence-electron chi connectivity index (χ1n) is 7.23. The number of ether oxygens (including phenoxy) is 1. The minimum atomic E-state index is 0.469. The van der Waals surface area contributed by atoms with Crippen molar-refractivity contribution < 1.29 is 4.74 Å². The van der Waals surface area contributed by atoms with Crippen LogP contribution in [0.2, 0.25) is 0 Å². The number of aryl methyl sites for hydroxylation is 1. The maximum atomic E-state index is 5.20. The van der Waals surface area contributed by atoms with Gasteiger partial charge in [0.05, 0.1) is 7.11 Å². The molecule has 0 bridgehead atoms. The Morgan fingerprint density at radius 2 is 2.00 bits per heavy atom. The molecule has 2 nitrogen and oxygen atoms in total. The molecule has 3 heteroatoms. The number of hydrogen-bond acceptors (Lipinski definition) is 3. The molecule has 0 saturated carbocycles. The van der Waals surface area contributed by atoms with Gasteiger partial charge in [-0.15, -0.1) is 11.3 Å². The third-order valence-corrected chi connectivity index (χ3v) is 4.39. The largest absolute Gasteiger partial charge is 0.497 e. The molecule has 1 aromatic carbocycles. The lowest BCUT2D eigenvalue weighted by Gasteiger charge is -2.17. The van der Waals surface area contributed by atoms with Crippen molar-refractivity contribution in [1.82, 2.24) is 5.32 Å². The number of thiophene rings is 1. The van der Waals surface area contributed by atoms with Gasteiger partial charge >= 0.3 is 0 Å². The second-order valence-corrected chi connectivity index (χ2v) is 5.89. The number of benzene rings is 1. The van der Waals surface area contributed by atoms with Crippen molar-refractivity contribution in [1.29, 1.82) is 0 Å². The van der Waals surface area contributed by atoms with Gasteiger partial charge in [0.2, 0.25) is 0 Å². The fourth-order valence-corrected chi connectivity index (χ4v) is 3.09. The van der Waals surface area contributed by atoms with E-state index in [2.05, 4.69) is 41.9 Å². The molecule has 1 atom stereocenters. The van der Waals surface area contributed by atoms with Gasteiger partial charge in [-0.1, -0.05) is 25.1 Å². The van der Waals surface area contributed by atoms with E-state index in [9.17, 15) is 0 Å². The van der Waals surface area contributed by atoms with Gasteiger partial charge in [-0.2, -0.15) is 0 Å². The van der Waals surface area contributed by atoms with E-state index in [0.717, 1.165) is 25.1 Å². The summed E-state index contributed by atoms with van der Waals surface area (Å²) in [5, 5.41) is 5.81. The lowest BCUT2D eigenvalue weighted by Crippen LogP contribution is -2.21. The summed E-state index contributed by atoms with van der Waals surface area (Å²) in [6.45, 7) is 3.28. The highest BCUT2D eigenvalue weighted by molar-refractivity contribution is 7.10. The van der Waals surface area contributed by atoms with E-state index in [0.29, 0.717) is 6.04 Å². The molecule has 20 heavy (non-hydrogen) atoms. The summed E-state index contributed by atoms with van der Waals surface area (Å²) in [6.07, 6.45) is 3.39. The first-order valence-corrected chi connectivity index (χ1v) is 8.11. The maximum absolute atomic E-state index is 5.20. The van der Waals surface area contributed by atoms with Gasteiger partial charge in [0, 0.05) is 10.9 Å². The van der Waals surface area contributed by atoms with Crippen LogP contribution in [0.1, 0.15) is 36.2 Å². The van der Waals surface area contributed by atoms with E-state index in [1.54, 1.807) is 7.11 Å². The smallest absolute Gasteiger partial charge is 0.118 e. The zero-order chi connectivity index (χ0) is 14.2. The third kappa shape index (κ3) is 4.36. The normalized spacial score (nSPS) is 12.3. The SMILES string of the molecule is CCCNC(CCc1ccc(OC)cc1)c1cccs1. The fraction of sp³-hybridized carbons (Fsp3) is 0.412. The van der Waals surface area contributed by atoms with Gasteiger partial charge in [-0.3, -0.25) is 0 Å². The van der Waals surface area contributed by atoms with Crippen LogP contribution >= 0.6 is 11.3 Å². The third-order valence-electron chi connectivity index (χ3n) is 3.41. The van der Waals surface area contributed by atoms with Crippen LogP contribution in [0.15, 0.2) is 41.8 Å². The molecule has 2 rings (SSSR count). The van der Waals surface area contributed by atoms with E-state index < -0.39 is 0 Å². The Kier molecular flexibility index (Phi) is 6.09. The van der Waals surface area contributed by atoms with Crippen molar-refractivity contribution in [2.24, 2.45) is 0 Å². The Morgan fingerprint density at radius 1 is 1.20 bits per heavy atom. The van der Waals surface area contributed by atoms with Gasteiger partial charge in [0.15, 0.2) is 0 Å². The Bertz CT molecular complexity index is 478. The quantitative estimate of drug-likeness (QED) is 0.776. The van der Waals surface area contributed by atoms with Crippen molar-refractivity contribution in [3.63, 3.8) is 0 Å². The molecule has 0 saturated heterocycles. The van der Waals surface area contributed by atoms with E-state index >= 15 is 0 Å². The Hall–Kier alpha value is -1.32. The number of hydrogen-bond donors (Lipinski definition) is 1. The van der Waals surface area contributed by atoms with Gasteiger partial charge in [0.1, 0.15) is 5.75 Å². The predicted octanol–water partition coefficient (Wildman–Crippen LogP) is 4.43. The molecule has 1 heterocycles. The Balaban J connectivity index is 1.93. The lowest BCUT2D eigenvalue weighted by atomic mass is 10.0. The summed E-state index contributed by atoms with van der Waals surface area (Å²) in [4.78, 5) is 1.44. The first kappa shape index (κ1) is 15.1. The average molecular weight is 289 g/mol. The maximum Gasteiger partial charge on any atom is 0.118 e. The molecule has 0 aliphatic rings. The van der Waals surface area contributed by atoms with Crippen molar-refractivity contribution in [2.75, 3.05) is 13.7 Å². The summed E-state index contributed by atoms with van der Waals surface area (Å²) < 4.78 is 5.20. The molecular formula is C17H23NOS. The van der Waals surface area contributed by atoms with E-state index in [1.807, 2.05) is 23.5 Å². The topological polar surface area (TPSA) is 21.3 Å². The molecule has 1 N–H and O–H groups in total. The average Bonchev–Trinajstić information content (AvgIpc) is 3.02. The summed E-state index contributed by atoms with van der Waals surface area (Å²) in [7, 11) is 1.70. The molecule has 1 unspecified atom stereocenters. The molecule has 0 amide bonds. The highest BCUT2D eigenvalue weighted by atomic mass is 32.1. The summed E-state index contributed by atoms with van der Waals surface area (Å²) in [5.74, 6) is 0.924. The first-order chi connectivity index (χ1) is 9.83. The van der Waals surface area contributed by atoms with Crippen LogP contribution < -0.4 is 10.1 Å². The van der Waals surface area contributed by atoms with Gasteiger partial charge < -0.3 is 10.1 Å². The zero-order valence-electron chi connectivity index (χ0n) is 12.3. The van der Waals surface area contributed by atoms with Crippen molar-refractivity contribution in [3.8, 4) is 5.75 Å². The Labute approximate surface area is 125 Å². The van der Waals surface area contributed by atoms with Crippen LogP contribution in [-0.4, -0.2) is 13.7 Å².